The molecule has 0 atom stereocenters. The van der Waals surface area contributed by atoms with Crippen molar-refractivity contribution in [1.29, 1.82) is 0 Å². The summed E-state index contributed by atoms with van der Waals surface area (Å²) in [5.74, 6) is -0.494. The van der Waals surface area contributed by atoms with Crippen LogP contribution in [-0.4, -0.2) is 58.6 Å². The lowest BCUT2D eigenvalue weighted by atomic mass is 10.4. The molecule has 0 fully saturated rings. The zero-order valence-corrected chi connectivity index (χ0v) is 11.4. The molecule has 3 amide bonds. The maximum Gasteiger partial charge on any atom is 0.390 e. The number of nitrogens with zero attached hydrogens (tertiary/aromatic N) is 4. The van der Waals surface area contributed by atoms with Crippen LogP contribution in [0.4, 0.5) is 23.8 Å². The molecule has 0 bridgehead atoms. The van der Waals surface area contributed by atoms with Gasteiger partial charge in [0.05, 0.1) is 12.6 Å². The average molecular weight is 308 g/mol. The quantitative estimate of drug-likeness (QED) is 0.825. The number of anilines is 1. The van der Waals surface area contributed by atoms with Gasteiger partial charge in [-0.1, -0.05) is 5.21 Å². The van der Waals surface area contributed by atoms with Gasteiger partial charge in [-0.2, -0.15) is 13.2 Å². The van der Waals surface area contributed by atoms with Crippen LogP contribution >= 0.6 is 0 Å². The minimum Gasteiger partial charge on any atom is -0.354 e. The molecule has 0 aliphatic rings. The maximum atomic E-state index is 11.9. The second kappa shape index (κ2) is 6.90. The van der Waals surface area contributed by atoms with Crippen molar-refractivity contribution in [2.75, 3.05) is 26.0 Å². The van der Waals surface area contributed by atoms with Crippen LogP contribution in [0.15, 0.2) is 6.20 Å². The van der Waals surface area contributed by atoms with Gasteiger partial charge in [-0.15, -0.1) is 5.10 Å². The summed E-state index contributed by atoms with van der Waals surface area (Å²) in [7, 11) is 3.07. The van der Waals surface area contributed by atoms with E-state index in [1.54, 1.807) is 0 Å². The predicted molar refractivity (Wildman–Crippen MR) is 66.4 cm³/mol. The Morgan fingerprint density at radius 1 is 1.38 bits per heavy atom. The highest BCUT2D eigenvalue weighted by Gasteiger charge is 2.26. The highest BCUT2D eigenvalue weighted by Crippen LogP contribution is 2.18. The lowest BCUT2D eigenvalue weighted by molar-refractivity contribution is -0.135. The highest BCUT2D eigenvalue weighted by molar-refractivity contribution is 5.87. The molecule has 0 radical (unpaired) electrons. The summed E-state index contributed by atoms with van der Waals surface area (Å²) in [6.07, 6.45) is -4.12. The summed E-state index contributed by atoms with van der Waals surface area (Å²) in [4.78, 5) is 24.0. The lowest BCUT2D eigenvalue weighted by Gasteiger charge is -2.09. The average Bonchev–Trinajstić information content (AvgIpc) is 2.74. The van der Waals surface area contributed by atoms with Crippen molar-refractivity contribution >= 4 is 17.8 Å². The van der Waals surface area contributed by atoms with Crippen LogP contribution < -0.4 is 10.6 Å². The molecule has 1 aromatic heterocycles. The first-order chi connectivity index (χ1) is 9.67. The molecule has 0 saturated carbocycles. The number of alkyl halides is 3. The van der Waals surface area contributed by atoms with Gasteiger partial charge >= 0.3 is 12.2 Å². The third kappa shape index (κ3) is 6.58. The standard InChI is InChI=1S/C10H15F3N6O2/c1-18(2)9(21)15-7-5-19(17-16-7)6-8(20)14-4-3-10(11,12)13/h5H,3-4,6H2,1-2H3,(H,14,20)(H,15,21). The van der Waals surface area contributed by atoms with Crippen molar-refractivity contribution in [2.45, 2.75) is 19.1 Å². The largest absolute Gasteiger partial charge is 0.390 e. The van der Waals surface area contributed by atoms with E-state index >= 15 is 0 Å². The Hall–Kier alpha value is -2.33. The van der Waals surface area contributed by atoms with Gasteiger partial charge in [0.2, 0.25) is 5.91 Å². The molecule has 21 heavy (non-hydrogen) atoms. The first-order valence-electron chi connectivity index (χ1n) is 5.89. The van der Waals surface area contributed by atoms with Gasteiger partial charge in [-0.25, -0.2) is 9.48 Å². The molecule has 1 aromatic rings. The van der Waals surface area contributed by atoms with Crippen LogP contribution in [0, 0.1) is 0 Å². The van der Waals surface area contributed by atoms with Crippen LogP contribution in [0.5, 0.6) is 0 Å². The summed E-state index contributed by atoms with van der Waals surface area (Å²) in [6, 6.07) is -0.420. The topological polar surface area (TPSA) is 92.2 Å². The molecule has 0 aromatic carbocycles. The van der Waals surface area contributed by atoms with Crippen LogP contribution in [0.2, 0.25) is 0 Å². The number of hydrogen-bond acceptors (Lipinski definition) is 4. The minimum atomic E-state index is -4.32. The minimum absolute atomic E-state index is 0.136. The molecule has 1 rings (SSSR count). The number of carbonyl (C=O) groups is 2. The van der Waals surface area contributed by atoms with E-state index in [9.17, 15) is 22.8 Å². The number of aromatic nitrogens is 3. The third-order valence-electron chi connectivity index (χ3n) is 2.22. The van der Waals surface area contributed by atoms with Gasteiger partial charge in [0.25, 0.3) is 0 Å². The Morgan fingerprint density at radius 2 is 2.05 bits per heavy atom. The van der Waals surface area contributed by atoms with Gasteiger partial charge in [0.1, 0.15) is 6.54 Å². The zero-order chi connectivity index (χ0) is 16.0. The second-order valence-electron chi connectivity index (χ2n) is 4.34. The van der Waals surface area contributed by atoms with Crippen molar-refractivity contribution in [3.05, 3.63) is 6.20 Å². The Kier molecular flexibility index (Phi) is 5.50. The summed E-state index contributed by atoms with van der Waals surface area (Å²) in [5.41, 5.74) is 0. The third-order valence-corrected chi connectivity index (χ3v) is 2.22. The number of amides is 3. The molecule has 1 heterocycles. The lowest BCUT2D eigenvalue weighted by Crippen LogP contribution is -2.31. The van der Waals surface area contributed by atoms with E-state index in [1.165, 1.54) is 25.2 Å². The number of carbonyl (C=O) groups excluding carboxylic acids is 2. The fraction of sp³-hybridized carbons (Fsp3) is 0.600. The smallest absolute Gasteiger partial charge is 0.354 e. The van der Waals surface area contributed by atoms with E-state index in [-0.39, 0.29) is 12.4 Å². The molecular weight excluding hydrogens is 293 g/mol. The summed E-state index contributed by atoms with van der Waals surface area (Å²) in [6.45, 7) is -0.788. The normalized spacial score (nSPS) is 11.1. The van der Waals surface area contributed by atoms with Gasteiger partial charge in [0.15, 0.2) is 5.82 Å². The van der Waals surface area contributed by atoms with E-state index in [0.29, 0.717) is 0 Å². The van der Waals surface area contributed by atoms with E-state index < -0.39 is 31.1 Å². The van der Waals surface area contributed by atoms with Gasteiger partial charge in [-0.05, 0) is 0 Å². The molecular formula is C10H15F3N6O2. The monoisotopic (exact) mass is 308 g/mol. The fourth-order valence-electron chi connectivity index (χ4n) is 1.20. The number of nitrogens with one attached hydrogen (secondary N) is 2. The number of halogens is 3. The van der Waals surface area contributed by atoms with Crippen molar-refractivity contribution in [2.24, 2.45) is 0 Å². The van der Waals surface area contributed by atoms with Crippen LogP contribution in [-0.2, 0) is 11.3 Å². The van der Waals surface area contributed by atoms with Gasteiger partial charge in [-0.3, -0.25) is 10.1 Å². The number of urea groups is 1. The maximum absolute atomic E-state index is 11.9. The van der Waals surface area contributed by atoms with Crippen LogP contribution in [0.25, 0.3) is 0 Å². The molecule has 2 N–H and O–H groups in total. The zero-order valence-electron chi connectivity index (χ0n) is 11.4. The Labute approximate surface area is 118 Å². The van der Waals surface area contributed by atoms with E-state index in [2.05, 4.69) is 20.9 Å². The van der Waals surface area contributed by atoms with Crippen molar-refractivity contribution in [1.82, 2.24) is 25.2 Å². The summed E-state index contributed by atoms with van der Waals surface area (Å²) >= 11 is 0. The molecule has 0 aliphatic heterocycles. The van der Waals surface area contributed by atoms with E-state index in [0.717, 1.165) is 4.68 Å². The molecule has 118 valence electrons. The molecule has 0 aliphatic carbocycles. The molecule has 0 unspecified atom stereocenters. The first-order valence-corrected chi connectivity index (χ1v) is 5.89. The first kappa shape index (κ1) is 16.7. The van der Waals surface area contributed by atoms with Crippen molar-refractivity contribution in [3.8, 4) is 0 Å². The SMILES string of the molecule is CN(C)C(=O)Nc1cn(CC(=O)NCCC(F)(F)F)nn1. The van der Waals surface area contributed by atoms with Crippen LogP contribution in [0.1, 0.15) is 6.42 Å². The predicted octanol–water partition coefficient (Wildman–Crippen LogP) is 0.440. The Balaban J connectivity index is 2.40. The van der Waals surface area contributed by atoms with Gasteiger partial charge in [0, 0.05) is 20.6 Å². The van der Waals surface area contributed by atoms with Crippen molar-refractivity contribution < 1.29 is 22.8 Å². The highest BCUT2D eigenvalue weighted by atomic mass is 19.4. The molecule has 0 spiro atoms. The summed E-state index contributed by atoms with van der Waals surface area (Å²) in [5, 5.41) is 11.7. The van der Waals surface area contributed by atoms with Crippen molar-refractivity contribution in [3.63, 3.8) is 0 Å². The van der Waals surface area contributed by atoms with Gasteiger partial charge < -0.3 is 10.2 Å². The molecule has 11 heteroatoms. The van der Waals surface area contributed by atoms with E-state index in [1.807, 2.05) is 0 Å². The second-order valence-corrected chi connectivity index (χ2v) is 4.34. The number of hydrogen-bond donors (Lipinski definition) is 2. The Morgan fingerprint density at radius 3 is 2.62 bits per heavy atom. The molecule has 0 saturated heterocycles. The van der Waals surface area contributed by atoms with Crippen LogP contribution in [0.3, 0.4) is 0 Å². The van der Waals surface area contributed by atoms with E-state index in [4.69, 9.17) is 0 Å². The molecule has 8 nitrogen and oxygen atoms in total. The fourth-order valence-corrected chi connectivity index (χ4v) is 1.20. The number of rotatable bonds is 5. The Bertz CT molecular complexity index is 499. The summed E-state index contributed by atoms with van der Waals surface area (Å²) < 4.78 is 36.8.